The fourth-order valence-electron chi connectivity index (χ4n) is 8.23. The summed E-state index contributed by atoms with van der Waals surface area (Å²) in [6.45, 7) is 4.70. The molecule has 5 rings (SSSR count). The molecule has 5 aliphatic rings. The van der Waals surface area contributed by atoms with Crippen LogP contribution < -0.4 is 5.32 Å². The van der Waals surface area contributed by atoms with Gasteiger partial charge in [0.05, 0.1) is 36.3 Å². The van der Waals surface area contributed by atoms with Crippen LogP contribution in [-0.4, -0.2) is 96.3 Å². The molecule has 5 atom stereocenters. The molecule has 0 spiro atoms. The minimum Gasteiger partial charge on any atom is -0.381 e. The predicted octanol–water partition coefficient (Wildman–Crippen LogP) is 5.76. The summed E-state index contributed by atoms with van der Waals surface area (Å²) in [6.07, 6.45) is 2.18. The Hall–Kier alpha value is -1.59. The molecule has 0 bridgehead atoms. The Labute approximate surface area is 258 Å². The number of hydrogen-bond donors (Lipinski definition) is 1. The summed E-state index contributed by atoms with van der Waals surface area (Å²) in [5.74, 6) is -0.896. The first-order chi connectivity index (χ1) is 20.5. The zero-order chi connectivity index (χ0) is 30.9. The third kappa shape index (κ3) is 7.46. The number of halogens is 4. The largest absolute Gasteiger partial charge is 0.391 e. The van der Waals surface area contributed by atoms with Crippen LogP contribution in [0.5, 0.6) is 0 Å². The molecule has 3 saturated carbocycles. The molecule has 1 saturated heterocycles. The number of rotatable bonds is 6. The second-order valence-corrected chi connectivity index (χ2v) is 14.2. The van der Waals surface area contributed by atoms with E-state index in [4.69, 9.17) is 26.1 Å². The van der Waals surface area contributed by atoms with E-state index < -0.39 is 12.1 Å². The molecule has 2 aliphatic heterocycles. The first-order valence-corrected chi connectivity index (χ1v) is 16.7. The Morgan fingerprint density at radius 3 is 2.30 bits per heavy atom. The molecule has 5 unspecified atom stereocenters. The van der Waals surface area contributed by atoms with E-state index in [1.807, 2.05) is 18.7 Å². The molecule has 0 aromatic heterocycles. The zero-order valence-electron chi connectivity index (χ0n) is 25.7. The van der Waals surface area contributed by atoms with Crippen LogP contribution in [0.25, 0.3) is 0 Å². The first-order valence-electron chi connectivity index (χ1n) is 16.3. The van der Waals surface area contributed by atoms with Crippen molar-refractivity contribution in [1.29, 1.82) is 0 Å². The van der Waals surface area contributed by atoms with Crippen molar-refractivity contribution in [3.8, 4) is 0 Å². The molecular formula is C31H48ClF3N4O4. The van der Waals surface area contributed by atoms with Crippen LogP contribution in [-0.2, 0) is 14.3 Å². The van der Waals surface area contributed by atoms with Gasteiger partial charge in [0, 0.05) is 37.9 Å². The summed E-state index contributed by atoms with van der Waals surface area (Å²) in [5, 5.41) is 2.91. The number of methoxy groups -OCH3 is 1. The van der Waals surface area contributed by atoms with Gasteiger partial charge in [-0.05, 0) is 89.9 Å². The quantitative estimate of drug-likeness (QED) is 0.377. The molecule has 4 fully saturated rings. The van der Waals surface area contributed by atoms with Crippen molar-refractivity contribution in [2.24, 2.45) is 28.7 Å². The number of piperazine rings is 1. The van der Waals surface area contributed by atoms with Gasteiger partial charge in [-0.25, -0.2) is 4.79 Å². The number of nitrogens with one attached hydrogen (secondary N) is 1. The highest BCUT2D eigenvalue weighted by molar-refractivity contribution is 6.20. The van der Waals surface area contributed by atoms with E-state index in [9.17, 15) is 22.8 Å². The van der Waals surface area contributed by atoms with Gasteiger partial charge in [0.1, 0.15) is 12.4 Å². The van der Waals surface area contributed by atoms with Crippen molar-refractivity contribution >= 4 is 29.4 Å². The van der Waals surface area contributed by atoms with Crippen LogP contribution in [0.2, 0.25) is 0 Å². The second-order valence-electron chi connectivity index (χ2n) is 13.6. The SMILES string of the molecule is COC1CCC(C2=NC(C3CCC(Cl)CC3)C(C3CCC(C(F)(F)F)CC3)N2C(=O)N2CCNC(=O)C2)C(OC(C)C)C1. The number of nitrogens with zero attached hydrogens (tertiary/aromatic N) is 3. The molecule has 43 heavy (non-hydrogen) atoms. The van der Waals surface area contributed by atoms with Crippen LogP contribution in [0, 0.1) is 23.7 Å². The second kappa shape index (κ2) is 13.8. The summed E-state index contributed by atoms with van der Waals surface area (Å²) < 4.78 is 53.2. The van der Waals surface area contributed by atoms with Gasteiger partial charge in [-0.3, -0.25) is 14.7 Å². The number of amides is 3. The monoisotopic (exact) mass is 632 g/mol. The molecule has 8 nitrogen and oxygen atoms in total. The lowest BCUT2D eigenvalue weighted by Gasteiger charge is -2.45. The molecule has 0 aromatic carbocycles. The van der Waals surface area contributed by atoms with Crippen LogP contribution in [0.3, 0.4) is 0 Å². The topological polar surface area (TPSA) is 83.5 Å². The Morgan fingerprint density at radius 1 is 1.02 bits per heavy atom. The summed E-state index contributed by atoms with van der Waals surface area (Å²) in [4.78, 5) is 35.7. The smallest absolute Gasteiger partial charge is 0.381 e. The summed E-state index contributed by atoms with van der Waals surface area (Å²) >= 11 is 6.49. The third-order valence-corrected chi connectivity index (χ3v) is 10.9. The highest BCUT2D eigenvalue weighted by Gasteiger charge is 2.53. The van der Waals surface area contributed by atoms with Crippen molar-refractivity contribution in [2.45, 2.75) is 126 Å². The molecule has 3 aliphatic carbocycles. The number of urea groups is 1. The Morgan fingerprint density at radius 2 is 1.70 bits per heavy atom. The normalized spacial score (nSPS) is 37.8. The number of carbonyl (C=O) groups excluding carboxylic acids is 2. The summed E-state index contributed by atoms with van der Waals surface area (Å²) in [5.41, 5.74) is 0. The standard InChI is InChI=1S/C31H48ClF3N4O4/c1-18(2)43-25-16-23(42-3)12-13-24(25)29-37-27(19-6-10-22(32)11-7-19)28(20-4-8-21(9-5-20)31(33,34)35)39(29)30(41)38-15-14-36-26(40)17-38/h18-25,27-28H,4-17H2,1-3H3,(H,36,40). The number of aliphatic imine (C=N–C) groups is 1. The van der Waals surface area contributed by atoms with Gasteiger partial charge in [-0.1, -0.05) is 0 Å². The van der Waals surface area contributed by atoms with Crippen molar-refractivity contribution in [3.63, 3.8) is 0 Å². The Bertz CT molecular complexity index is 1010. The van der Waals surface area contributed by atoms with E-state index in [0.29, 0.717) is 38.2 Å². The number of amidine groups is 1. The van der Waals surface area contributed by atoms with E-state index in [-0.39, 0.29) is 84.9 Å². The van der Waals surface area contributed by atoms with E-state index >= 15 is 0 Å². The lowest BCUT2D eigenvalue weighted by Crippen LogP contribution is -2.60. The lowest BCUT2D eigenvalue weighted by molar-refractivity contribution is -0.184. The molecule has 2 heterocycles. The minimum atomic E-state index is -4.21. The van der Waals surface area contributed by atoms with Crippen molar-refractivity contribution in [1.82, 2.24) is 15.1 Å². The van der Waals surface area contributed by atoms with E-state index in [1.165, 1.54) is 0 Å². The Balaban J connectivity index is 1.52. The lowest BCUT2D eigenvalue weighted by atomic mass is 9.72. The zero-order valence-corrected chi connectivity index (χ0v) is 26.4. The summed E-state index contributed by atoms with van der Waals surface area (Å²) in [6, 6.07) is -0.824. The van der Waals surface area contributed by atoms with E-state index in [2.05, 4.69) is 5.32 Å². The van der Waals surface area contributed by atoms with E-state index in [0.717, 1.165) is 38.5 Å². The first kappa shape index (κ1) is 32.8. The highest BCUT2D eigenvalue weighted by atomic mass is 35.5. The predicted molar refractivity (Wildman–Crippen MR) is 158 cm³/mol. The van der Waals surface area contributed by atoms with Gasteiger partial charge < -0.3 is 19.7 Å². The molecular weight excluding hydrogens is 585 g/mol. The van der Waals surface area contributed by atoms with Crippen LogP contribution >= 0.6 is 11.6 Å². The average Bonchev–Trinajstić information content (AvgIpc) is 3.36. The Kier molecular flexibility index (Phi) is 10.5. The summed E-state index contributed by atoms with van der Waals surface area (Å²) in [7, 11) is 1.71. The average molecular weight is 633 g/mol. The van der Waals surface area contributed by atoms with Crippen molar-refractivity contribution in [2.75, 3.05) is 26.7 Å². The van der Waals surface area contributed by atoms with Gasteiger partial charge in [0.2, 0.25) is 5.91 Å². The molecule has 244 valence electrons. The van der Waals surface area contributed by atoms with Gasteiger partial charge >= 0.3 is 12.2 Å². The van der Waals surface area contributed by atoms with Gasteiger partial charge in [-0.2, -0.15) is 13.2 Å². The van der Waals surface area contributed by atoms with Crippen LogP contribution in [0.4, 0.5) is 18.0 Å². The maximum absolute atomic E-state index is 14.5. The maximum atomic E-state index is 14.5. The van der Waals surface area contributed by atoms with Crippen LogP contribution in [0.1, 0.15) is 84.5 Å². The number of alkyl halides is 4. The fraction of sp³-hybridized carbons (Fsp3) is 0.903. The van der Waals surface area contributed by atoms with Crippen molar-refractivity contribution in [3.05, 3.63) is 0 Å². The van der Waals surface area contributed by atoms with Crippen LogP contribution in [0.15, 0.2) is 4.99 Å². The maximum Gasteiger partial charge on any atom is 0.391 e. The van der Waals surface area contributed by atoms with Gasteiger partial charge in [0.25, 0.3) is 0 Å². The number of hydrogen-bond acceptors (Lipinski definition) is 5. The van der Waals surface area contributed by atoms with Crippen molar-refractivity contribution < 1.29 is 32.2 Å². The van der Waals surface area contributed by atoms with Gasteiger partial charge in [0.15, 0.2) is 0 Å². The fourth-order valence-corrected chi connectivity index (χ4v) is 8.49. The molecule has 12 heteroatoms. The number of carbonyl (C=O) groups is 2. The third-order valence-electron chi connectivity index (χ3n) is 10.4. The van der Waals surface area contributed by atoms with E-state index in [1.54, 1.807) is 12.0 Å². The molecule has 3 amide bonds. The molecule has 1 N–H and O–H groups in total. The molecule has 0 aromatic rings. The molecule has 0 radical (unpaired) electrons. The number of ether oxygens (including phenoxy) is 2. The minimum absolute atomic E-state index is 0.0386. The highest BCUT2D eigenvalue weighted by Crippen LogP contribution is 2.47. The van der Waals surface area contributed by atoms with Gasteiger partial charge in [-0.15, -0.1) is 11.6 Å².